The average molecular weight is 250 g/mol. The maximum Gasteiger partial charge on any atom is 0.179 e. The van der Waals surface area contributed by atoms with E-state index in [1.165, 1.54) is 19.5 Å². The van der Waals surface area contributed by atoms with Gasteiger partial charge in [-0.1, -0.05) is 24.4 Å². The van der Waals surface area contributed by atoms with Crippen LogP contribution in [0.5, 0.6) is 5.75 Å². The van der Waals surface area contributed by atoms with Crippen molar-refractivity contribution in [1.82, 2.24) is 9.97 Å². The maximum absolute atomic E-state index is 13.5. The highest BCUT2D eigenvalue weighted by atomic mass is 32.1. The Balaban J connectivity index is 2.73. The Kier molecular flexibility index (Phi) is 3.19. The fourth-order valence-corrected chi connectivity index (χ4v) is 1.89. The number of aromatic amines is 1. The van der Waals surface area contributed by atoms with E-state index in [1.54, 1.807) is 13.0 Å². The molecule has 2 aromatic rings. The lowest BCUT2D eigenvalue weighted by Gasteiger charge is -2.10. The summed E-state index contributed by atoms with van der Waals surface area (Å²) in [5, 5.41) is 0. The molecule has 0 fully saturated rings. The lowest BCUT2D eigenvalue weighted by Crippen LogP contribution is -1.96. The Labute approximate surface area is 103 Å². The molecular weight excluding hydrogens is 239 g/mol. The van der Waals surface area contributed by atoms with Gasteiger partial charge in [0, 0.05) is 5.56 Å². The van der Waals surface area contributed by atoms with Crippen LogP contribution >= 0.6 is 12.2 Å². The molecule has 1 aromatic carbocycles. The minimum atomic E-state index is -0.263. The quantitative estimate of drug-likeness (QED) is 0.831. The summed E-state index contributed by atoms with van der Waals surface area (Å²) in [6.45, 7) is 1.71. The van der Waals surface area contributed by atoms with E-state index in [0.29, 0.717) is 21.6 Å². The van der Waals surface area contributed by atoms with Gasteiger partial charge < -0.3 is 9.72 Å². The van der Waals surface area contributed by atoms with E-state index in [4.69, 9.17) is 17.0 Å². The number of hydrogen-bond donors (Lipinski definition) is 1. The summed E-state index contributed by atoms with van der Waals surface area (Å²) in [5.74, 6) is 0.192. The molecule has 0 radical (unpaired) electrons. The van der Waals surface area contributed by atoms with Gasteiger partial charge in [-0.05, 0) is 18.6 Å². The lowest BCUT2D eigenvalue weighted by atomic mass is 10.0. The third-order valence-electron chi connectivity index (χ3n) is 2.55. The highest BCUT2D eigenvalue weighted by Crippen LogP contribution is 2.30. The zero-order chi connectivity index (χ0) is 12.4. The van der Waals surface area contributed by atoms with Gasteiger partial charge in [-0.2, -0.15) is 0 Å². The van der Waals surface area contributed by atoms with Crippen molar-refractivity contribution in [3.63, 3.8) is 0 Å². The first-order valence-electron chi connectivity index (χ1n) is 5.02. The lowest BCUT2D eigenvalue weighted by molar-refractivity contribution is 0.410. The molecule has 1 aromatic heterocycles. The van der Waals surface area contributed by atoms with Crippen molar-refractivity contribution in [2.45, 2.75) is 6.92 Å². The van der Waals surface area contributed by atoms with Crippen LogP contribution in [0.25, 0.3) is 11.3 Å². The van der Waals surface area contributed by atoms with Crippen molar-refractivity contribution >= 4 is 12.2 Å². The molecule has 0 amide bonds. The summed E-state index contributed by atoms with van der Waals surface area (Å²) in [6, 6.07) is 4.87. The number of ether oxygens (including phenoxy) is 1. The van der Waals surface area contributed by atoms with Crippen LogP contribution in [0.1, 0.15) is 5.56 Å². The largest absolute Gasteiger partial charge is 0.491 e. The van der Waals surface area contributed by atoms with Crippen LogP contribution in [0.4, 0.5) is 4.39 Å². The van der Waals surface area contributed by atoms with Crippen molar-refractivity contribution < 1.29 is 9.13 Å². The molecule has 0 aliphatic rings. The number of methoxy groups -OCH3 is 1. The molecule has 0 atom stereocenters. The monoisotopic (exact) mass is 250 g/mol. The van der Waals surface area contributed by atoms with Gasteiger partial charge >= 0.3 is 0 Å². The van der Waals surface area contributed by atoms with Gasteiger partial charge in [0.2, 0.25) is 0 Å². The third kappa shape index (κ3) is 2.06. The highest BCUT2D eigenvalue weighted by Gasteiger charge is 2.12. The zero-order valence-corrected chi connectivity index (χ0v) is 10.3. The predicted octanol–water partition coefficient (Wildman–Crippen LogP) is 3.26. The summed E-state index contributed by atoms with van der Waals surface area (Å²) < 4.78 is 19.1. The fraction of sp³-hybridized carbons (Fsp3) is 0.167. The van der Waals surface area contributed by atoms with Crippen LogP contribution in [-0.4, -0.2) is 17.1 Å². The molecule has 3 nitrogen and oxygen atoms in total. The van der Waals surface area contributed by atoms with E-state index in [-0.39, 0.29) is 5.82 Å². The van der Waals surface area contributed by atoms with Crippen molar-refractivity contribution in [2.75, 3.05) is 7.11 Å². The molecule has 88 valence electrons. The Morgan fingerprint density at radius 3 is 2.88 bits per heavy atom. The predicted molar refractivity (Wildman–Crippen MR) is 66.1 cm³/mol. The highest BCUT2D eigenvalue weighted by molar-refractivity contribution is 7.71. The number of halogens is 1. The first-order chi connectivity index (χ1) is 8.15. The number of nitrogens with one attached hydrogen (secondary N) is 1. The Hall–Kier alpha value is -1.75. The fourth-order valence-electron chi connectivity index (χ4n) is 1.65. The van der Waals surface area contributed by atoms with Crippen molar-refractivity contribution in [1.29, 1.82) is 0 Å². The van der Waals surface area contributed by atoms with Gasteiger partial charge in [0.25, 0.3) is 0 Å². The number of aromatic nitrogens is 2. The molecule has 0 unspecified atom stereocenters. The average Bonchev–Trinajstić information content (AvgIpc) is 2.32. The first kappa shape index (κ1) is 11.7. The van der Waals surface area contributed by atoms with E-state index in [2.05, 4.69) is 9.97 Å². The number of hydrogen-bond acceptors (Lipinski definition) is 3. The van der Waals surface area contributed by atoms with Crippen LogP contribution in [-0.2, 0) is 0 Å². The summed E-state index contributed by atoms with van der Waals surface area (Å²) in [5.41, 5.74) is 1.91. The van der Waals surface area contributed by atoms with Crippen LogP contribution in [0.2, 0.25) is 0 Å². The van der Waals surface area contributed by atoms with Gasteiger partial charge in [-0.25, -0.2) is 9.37 Å². The first-order valence-corrected chi connectivity index (χ1v) is 5.43. The third-order valence-corrected chi connectivity index (χ3v) is 2.84. The van der Waals surface area contributed by atoms with E-state index in [1.807, 2.05) is 6.07 Å². The SMILES string of the molecule is COc1c(-c2cccc(F)c2C)[nH]cnc1=S. The normalized spacial score (nSPS) is 10.3. The number of H-pyrrole nitrogens is 1. The molecule has 0 saturated carbocycles. The van der Waals surface area contributed by atoms with E-state index >= 15 is 0 Å². The topological polar surface area (TPSA) is 37.9 Å². The van der Waals surface area contributed by atoms with Crippen molar-refractivity contribution in [2.24, 2.45) is 0 Å². The second kappa shape index (κ2) is 4.63. The molecule has 2 rings (SSSR count). The van der Waals surface area contributed by atoms with Crippen LogP contribution in [0, 0.1) is 17.4 Å². The molecule has 1 N–H and O–H groups in total. The molecule has 0 aliphatic carbocycles. The van der Waals surface area contributed by atoms with Crippen LogP contribution in [0.15, 0.2) is 24.5 Å². The summed E-state index contributed by atoms with van der Waals surface area (Å²) >= 11 is 5.06. The van der Waals surface area contributed by atoms with Gasteiger partial charge in [-0.15, -0.1) is 0 Å². The van der Waals surface area contributed by atoms with Gasteiger partial charge in [0.05, 0.1) is 19.1 Å². The molecule has 0 aliphatic heterocycles. The minimum absolute atomic E-state index is 0.263. The second-order valence-electron chi connectivity index (χ2n) is 3.53. The van der Waals surface area contributed by atoms with Crippen molar-refractivity contribution in [3.05, 3.63) is 40.5 Å². The Morgan fingerprint density at radius 2 is 2.18 bits per heavy atom. The maximum atomic E-state index is 13.5. The second-order valence-corrected chi connectivity index (χ2v) is 3.92. The molecule has 0 spiro atoms. The van der Waals surface area contributed by atoms with Crippen molar-refractivity contribution in [3.8, 4) is 17.0 Å². The number of nitrogens with zero attached hydrogens (tertiary/aromatic N) is 1. The molecule has 17 heavy (non-hydrogen) atoms. The smallest absolute Gasteiger partial charge is 0.179 e. The van der Waals surface area contributed by atoms with Gasteiger partial charge in [0.1, 0.15) is 5.82 Å². The molecule has 0 saturated heterocycles. The van der Waals surface area contributed by atoms with E-state index in [0.717, 1.165) is 5.56 Å². The summed E-state index contributed by atoms with van der Waals surface area (Å²) in [7, 11) is 1.51. The summed E-state index contributed by atoms with van der Waals surface area (Å²) in [4.78, 5) is 6.87. The molecule has 0 bridgehead atoms. The van der Waals surface area contributed by atoms with Gasteiger partial charge in [0.15, 0.2) is 10.4 Å². The zero-order valence-electron chi connectivity index (χ0n) is 9.45. The summed E-state index contributed by atoms with van der Waals surface area (Å²) in [6.07, 6.45) is 1.48. The minimum Gasteiger partial charge on any atom is -0.491 e. The van der Waals surface area contributed by atoms with Gasteiger partial charge in [-0.3, -0.25) is 0 Å². The van der Waals surface area contributed by atoms with E-state index < -0.39 is 0 Å². The van der Waals surface area contributed by atoms with E-state index in [9.17, 15) is 4.39 Å². The number of rotatable bonds is 2. The Bertz CT molecular complexity index is 610. The molecule has 1 heterocycles. The molecular formula is C12H11FN2OS. The van der Waals surface area contributed by atoms with Crippen LogP contribution < -0.4 is 4.74 Å². The van der Waals surface area contributed by atoms with Crippen LogP contribution in [0.3, 0.4) is 0 Å². The standard InChI is InChI=1S/C12H11FN2OS/c1-7-8(4-3-5-9(7)13)10-11(16-2)12(17)15-6-14-10/h3-6H,1-2H3,(H,14,15,17). The Morgan fingerprint density at radius 1 is 1.41 bits per heavy atom. The number of benzene rings is 1. The molecule has 5 heteroatoms.